The maximum atomic E-state index is 10.9. The highest BCUT2D eigenvalue weighted by molar-refractivity contribution is 5.74. The molecule has 0 spiro atoms. The molecule has 0 fully saturated rings. The molecule has 1 atom stereocenters. The van der Waals surface area contributed by atoms with Crippen molar-refractivity contribution >= 4 is 17.3 Å². The molecule has 0 aliphatic rings. The van der Waals surface area contributed by atoms with E-state index in [0.717, 1.165) is 11.2 Å². The lowest BCUT2D eigenvalue weighted by Gasteiger charge is -2.13. The summed E-state index contributed by atoms with van der Waals surface area (Å²) >= 11 is 0. The molecular formula is C14H20N4O3. The number of ether oxygens (including phenoxy) is 1. The molecule has 114 valence electrons. The fourth-order valence-corrected chi connectivity index (χ4v) is 1.89. The van der Waals surface area contributed by atoms with Crippen molar-refractivity contribution in [3.05, 3.63) is 24.2 Å². The molecule has 2 N–H and O–H groups in total. The Morgan fingerprint density at radius 1 is 1.52 bits per heavy atom. The molecule has 0 saturated carbocycles. The summed E-state index contributed by atoms with van der Waals surface area (Å²) in [6.45, 7) is 6.39. The van der Waals surface area contributed by atoms with Crippen LogP contribution in [0.5, 0.6) is 0 Å². The summed E-state index contributed by atoms with van der Waals surface area (Å²) in [7, 11) is 1.37. The van der Waals surface area contributed by atoms with Gasteiger partial charge >= 0.3 is 5.97 Å². The SMILES string of the molecule is COC(CNc1nccn2nc(C(C)(C)C)cc12)C(=O)O. The first kappa shape index (κ1) is 15.2. The average molecular weight is 292 g/mol. The number of nitrogens with zero attached hydrogens (tertiary/aromatic N) is 3. The van der Waals surface area contributed by atoms with Gasteiger partial charge in [0.05, 0.1) is 12.2 Å². The van der Waals surface area contributed by atoms with Crippen LogP contribution in [0.25, 0.3) is 5.52 Å². The number of fused-ring (bicyclic) bond motifs is 1. The van der Waals surface area contributed by atoms with Gasteiger partial charge in [0.15, 0.2) is 11.9 Å². The minimum absolute atomic E-state index is 0.0700. The second kappa shape index (κ2) is 5.69. The quantitative estimate of drug-likeness (QED) is 0.869. The third-order valence-electron chi connectivity index (χ3n) is 3.17. The molecule has 0 aliphatic heterocycles. The van der Waals surface area contributed by atoms with Gasteiger partial charge < -0.3 is 15.2 Å². The molecule has 0 amide bonds. The number of rotatable bonds is 5. The van der Waals surface area contributed by atoms with Crippen molar-refractivity contribution in [2.75, 3.05) is 19.0 Å². The lowest BCUT2D eigenvalue weighted by Crippen LogP contribution is -2.30. The van der Waals surface area contributed by atoms with E-state index in [0.29, 0.717) is 5.82 Å². The first-order valence-electron chi connectivity index (χ1n) is 6.67. The Balaban J connectivity index is 2.28. The molecule has 2 rings (SSSR count). The van der Waals surface area contributed by atoms with Crippen LogP contribution >= 0.6 is 0 Å². The fourth-order valence-electron chi connectivity index (χ4n) is 1.89. The molecule has 0 aromatic carbocycles. The van der Waals surface area contributed by atoms with Gasteiger partial charge in [-0.1, -0.05) is 20.8 Å². The first-order chi connectivity index (χ1) is 9.82. The van der Waals surface area contributed by atoms with Gasteiger partial charge in [-0.25, -0.2) is 14.3 Å². The molecular weight excluding hydrogens is 272 g/mol. The zero-order valence-corrected chi connectivity index (χ0v) is 12.6. The van der Waals surface area contributed by atoms with Crippen LogP contribution in [-0.4, -0.2) is 45.4 Å². The number of aliphatic carboxylic acids is 1. The predicted molar refractivity (Wildman–Crippen MR) is 78.6 cm³/mol. The van der Waals surface area contributed by atoms with E-state index in [1.54, 1.807) is 16.9 Å². The Bertz CT molecular complexity index is 645. The van der Waals surface area contributed by atoms with E-state index in [1.807, 2.05) is 6.07 Å². The summed E-state index contributed by atoms with van der Waals surface area (Å²) in [5.74, 6) is -0.426. The monoisotopic (exact) mass is 292 g/mol. The van der Waals surface area contributed by atoms with Crippen LogP contribution in [0.4, 0.5) is 5.82 Å². The highest BCUT2D eigenvalue weighted by Gasteiger charge is 2.20. The van der Waals surface area contributed by atoms with Crippen molar-refractivity contribution in [2.24, 2.45) is 0 Å². The first-order valence-corrected chi connectivity index (χ1v) is 6.67. The summed E-state index contributed by atoms with van der Waals surface area (Å²) in [4.78, 5) is 15.2. The highest BCUT2D eigenvalue weighted by Crippen LogP contribution is 2.24. The van der Waals surface area contributed by atoms with Crippen LogP contribution < -0.4 is 5.32 Å². The number of carbonyl (C=O) groups is 1. The molecule has 21 heavy (non-hydrogen) atoms. The van der Waals surface area contributed by atoms with Crippen LogP contribution in [0, 0.1) is 0 Å². The average Bonchev–Trinajstić information content (AvgIpc) is 2.83. The van der Waals surface area contributed by atoms with E-state index >= 15 is 0 Å². The molecule has 1 unspecified atom stereocenters. The maximum Gasteiger partial charge on any atom is 0.334 e. The zero-order chi connectivity index (χ0) is 15.6. The van der Waals surface area contributed by atoms with E-state index in [1.165, 1.54) is 7.11 Å². The van der Waals surface area contributed by atoms with Crippen LogP contribution in [0.3, 0.4) is 0 Å². The highest BCUT2D eigenvalue weighted by atomic mass is 16.5. The Labute approximate surface area is 122 Å². The number of hydrogen-bond acceptors (Lipinski definition) is 5. The van der Waals surface area contributed by atoms with Gasteiger partial charge in [-0.15, -0.1) is 0 Å². The van der Waals surface area contributed by atoms with Crippen molar-refractivity contribution in [1.82, 2.24) is 14.6 Å². The predicted octanol–water partition coefficient (Wildman–Crippen LogP) is 1.54. The van der Waals surface area contributed by atoms with Gasteiger partial charge in [0.25, 0.3) is 0 Å². The van der Waals surface area contributed by atoms with Crippen molar-refractivity contribution in [3.8, 4) is 0 Å². The van der Waals surface area contributed by atoms with Gasteiger partial charge in [-0.05, 0) is 6.07 Å². The largest absolute Gasteiger partial charge is 0.479 e. The summed E-state index contributed by atoms with van der Waals surface area (Å²) in [5.41, 5.74) is 1.68. The lowest BCUT2D eigenvalue weighted by molar-refractivity contribution is -0.147. The number of methoxy groups -OCH3 is 1. The van der Waals surface area contributed by atoms with Crippen LogP contribution in [0.15, 0.2) is 18.5 Å². The van der Waals surface area contributed by atoms with Gasteiger partial charge in [-0.3, -0.25) is 0 Å². The zero-order valence-electron chi connectivity index (χ0n) is 12.6. The fraction of sp³-hybridized carbons (Fsp3) is 0.500. The normalized spacial score (nSPS) is 13.3. The van der Waals surface area contributed by atoms with Crippen LogP contribution in [0.1, 0.15) is 26.5 Å². The number of nitrogens with one attached hydrogen (secondary N) is 1. The van der Waals surface area contributed by atoms with Crippen molar-refractivity contribution in [1.29, 1.82) is 0 Å². The van der Waals surface area contributed by atoms with E-state index in [4.69, 9.17) is 9.84 Å². The summed E-state index contributed by atoms with van der Waals surface area (Å²) in [6.07, 6.45) is 2.47. The Kier molecular flexibility index (Phi) is 4.13. The lowest BCUT2D eigenvalue weighted by atomic mass is 9.92. The maximum absolute atomic E-state index is 10.9. The van der Waals surface area contributed by atoms with E-state index in [9.17, 15) is 4.79 Å². The Hall–Kier alpha value is -2.15. The van der Waals surface area contributed by atoms with Gasteiger partial charge in [0.2, 0.25) is 0 Å². The Morgan fingerprint density at radius 2 is 2.24 bits per heavy atom. The summed E-state index contributed by atoms with van der Waals surface area (Å²) < 4.78 is 6.63. The third-order valence-corrected chi connectivity index (χ3v) is 3.17. The molecule has 0 bridgehead atoms. The summed E-state index contributed by atoms with van der Waals surface area (Å²) in [5, 5.41) is 16.5. The minimum Gasteiger partial charge on any atom is -0.479 e. The minimum atomic E-state index is -1.01. The van der Waals surface area contributed by atoms with Gasteiger partial charge in [0.1, 0.15) is 5.52 Å². The topological polar surface area (TPSA) is 88.8 Å². The van der Waals surface area contributed by atoms with E-state index < -0.39 is 12.1 Å². The number of hydrogen-bond donors (Lipinski definition) is 2. The molecule has 2 aromatic rings. The van der Waals surface area contributed by atoms with Crippen molar-refractivity contribution in [3.63, 3.8) is 0 Å². The second-order valence-electron chi connectivity index (χ2n) is 5.83. The smallest absolute Gasteiger partial charge is 0.334 e. The number of anilines is 1. The molecule has 7 nitrogen and oxygen atoms in total. The molecule has 7 heteroatoms. The molecule has 2 heterocycles. The van der Waals surface area contributed by atoms with Crippen LogP contribution in [-0.2, 0) is 14.9 Å². The van der Waals surface area contributed by atoms with Crippen molar-refractivity contribution in [2.45, 2.75) is 32.3 Å². The molecule has 0 aliphatic carbocycles. The van der Waals surface area contributed by atoms with Gasteiger partial charge in [-0.2, -0.15) is 5.10 Å². The third kappa shape index (κ3) is 3.30. The molecule has 0 saturated heterocycles. The van der Waals surface area contributed by atoms with E-state index in [-0.39, 0.29) is 12.0 Å². The number of carboxylic acids is 1. The standard InChI is InChI=1S/C14H20N4O3/c1-14(2,3)11-7-9-12(15-5-6-18(9)17-11)16-8-10(21-4)13(19)20/h5-7,10H,8H2,1-4H3,(H,15,16)(H,19,20). The van der Waals surface area contributed by atoms with Crippen LogP contribution in [0.2, 0.25) is 0 Å². The molecule has 0 radical (unpaired) electrons. The van der Waals surface area contributed by atoms with Gasteiger partial charge in [0, 0.05) is 24.9 Å². The Morgan fingerprint density at radius 3 is 2.81 bits per heavy atom. The van der Waals surface area contributed by atoms with Crippen molar-refractivity contribution < 1.29 is 14.6 Å². The second-order valence-corrected chi connectivity index (χ2v) is 5.83. The molecule has 2 aromatic heterocycles. The summed E-state index contributed by atoms with van der Waals surface area (Å²) in [6, 6.07) is 1.96. The van der Waals surface area contributed by atoms with E-state index in [2.05, 4.69) is 36.2 Å². The number of aromatic nitrogens is 3. The number of carboxylic acid groups (broad SMARTS) is 1.